The SMILES string of the molecule is COc1cc(F)ccc1C(=O)C(Cl)(Cl)Cl. The van der Waals surface area contributed by atoms with Crippen LogP contribution in [0.1, 0.15) is 10.4 Å². The Bertz CT molecular complexity index is 387. The Morgan fingerprint density at radius 2 is 2.00 bits per heavy atom. The van der Waals surface area contributed by atoms with E-state index in [1.165, 1.54) is 13.2 Å². The number of carbonyl (C=O) groups is 1. The summed E-state index contributed by atoms with van der Waals surface area (Å²) >= 11 is 16.3. The lowest BCUT2D eigenvalue weighted by Gasteiger charge is -2.12. The first kappa shape index (κ1) is 12.6. The monoisotopic (exact) mass is 270 g/mol. The van der Waals surface area contributed by atoms with E-state index in [4.69, 9.17) is 39.5 Å². The molecule has 1 aromatic rings. The van der Waals surface area contributed by atoms with Gasteiger partial charge in [0.2, 0.25) is 5.78 Å². The van der Waals surface area contributed by atoms with Gasteiger partial charge in [0, 0.05) is 6.07 Å². The number of hydrogen-bond donors (Lipinski definition) is 0. The van der Waals surface area contributed by atoms with Crippen molar-refractivity contribution < 1.29 is 13.9 Å². The Hall–Kier alpha value is -0.510. The molecule has 0 aliphatic carbocycles. The average Bonchev–Trinajstić information content (AvgIpc) is 2.15. The van der Waals surface area contributed by atoms with Gasteiger partial charge in [-0.2, -0.15) is 0 Å². The number of halogens is 4. The molecule has 1 rings (SSSR count). The Morgan fingerprint density at radius 1 is 1.40 bits per heavy atom. The molecule has 0 saturated heterocycles. The number of hydrogen-bond acceptors (Lipinski definition) is 2. The maximum absolute atomic E-state index is 12.8. The molecule has 1 aromatic carbocycles. The lowest BCUT2D eigenvalue weighted by Crippen LogP contribution is -2.19. The summed E-state index contributed by atoms with van der Waals surface area (Å²) in [5.74, 6) is -1.26. The van der Waals surface area contributed by atoms with Crippen molar-refractivity contribution in [3.63, 3.8) is 0 Å². The molecule has 0 N–H and O–H groups in total. The number of ketones is 1. The number of Topliss-reactive ketones (excluding diaryl/α,β-unsaturated/α-hetero) is 1. The van der Waals surface area contributed by atoms with Crippen molar-refractivity contribution in [2.24, 2.45) is 0 Å². The molecule has 2 nitrogen and oxygen atoms in total. The highest BCUT2D eigenvalue weighted by Crippen LogP contribution is 2.33. The molecule has 0 atom stereocenters. The zero-order chi connectivity index (χ0) is 11.6. The van der Waals surface area contributed by atoms with Crippen molar-refractivity contribution >= 4 is 40.6 Å². The largest absolute Gasteiger partial charge is 0.496 e. The zero-order valence-corrected chi connectivity index (χ0v) is 9.83. The molecule has 0 aliphatic rings. The van der Waals surface area contributed by atoms with E-state index < -0.39 is 15.4 Å². The molecular weight excluding hydrogens is 265 g/mol. The molecular formula is C9H6Cl3FO2. The Labute approximate surface area is 101 Å². The van der Waals surface area contributed by atoms with Crippen molar-refractivity contribution in [2.45, 2.75) is 3.79 Å². The second-order valence-electron chi connectivity index (χ2n) is 2.67. The van der Waals surface area contributed by atoms with Gasteiger partial charge >= 0.3 is 0 Å². The summed E-state index contributed by atoms with van der Waals surface area (Å²) in [7, 11) is 1.30. The van der Waals surface area contributed by atoms with E-state index in [9.17, 15) is 9.18 Å². The van der Waals surface area contributed by atoms with Gasteiger partial charge in [0.25, 0.3) is 3.79 Å². The normalized spacial score (nSPS) is 11.3. The van der Waals surface area contributed by atoms with E-state index >= 15 is 0 Å². The number of methoxy groups -OCH3 is 1. The van der Waals surface area contributed by atoms with Crippen LogP contribution in [0.3, 0.4) is 0 Å². The lowest BCUT2D eigenvalue weighted by molar-refractivity contribution is 0.0993. The third kappa shape index (κ3) is 2.97. The molecule has 82 valence electrons. The van der Waals surface area contributed by atoms with Gasteiger partial charge in [0.05, 0.1) is 12.7 Å². The molecule has 0 heterocycles. The summed E-state index contributed by atoms with van der Waals surface area (Å²) in [6.45, 7) is 0. The number of ether oxygens (including phenoxy) is 1. The van der Waals surface area contributed by atoms with Crippen LogP contribution >= 0.6 is 34.8 Å². The summed E-state index contributed by atoms with van der Waals surface area (Å²) in [6, 6.07) is 3.34. The highest BCUT2D eigenvalue weighted by molar-refractivity contribution is 6.77. The maximum atomic E-state index is 12.8. The Morgan fingerprint density at radius 3 is 2.47 bits per heavy atom. The summed E-state index contributed by atoms with van der Waals surface area (Å²) in [5, 5.41) is 0. The van der Waals surface area contributed by atoms with E-state index in [2.05, 4.69) is 0 Å². The lowest BCUT2D eigenvalue weighted by atomic mass is 10.1. The molecule has 0 bridgehead atoms. The van der Waals surface area contributed by atoms with Crippen LogP contribution in [0.2, 0.25) is 0 Å². The predicted molar refractivity (Wildman–Crippen MR) is 57.6 cm³/mol. The second kappa shape index (κ2) is 4.56. The van der Waals surface area contributed by atoms with Crippen LogP contribution in [0.15, 0.2) is 18.2 Å². The molecule has 0 radical (unpaired) electrons. The second-order valence-corrected chi connectivity index (χ2v) is 4.95. The number of carbonyl (C=O) groups excluding carboxylic acids is 1. The number of alkyl halides is 3. The highest BCUT2D eigenvalue weighted by atomic mass is 35.6. The zero-order valence-electron chi connectivity index (χ0n) is 7.56. The molecule has 15 heavy (non-hydrogen) atoms. The number of benzene rings is 1. The van der Waals surface area contributed by atoms with Crippen LogP contribution in [0.4, 0.5) is 4.39 Å². The van der Waals surface area contributed by atoms with E-state index in [1.807, 2.05) is 0 Å². The summed E-state index contributed by atoms with van der Waals surface area (Å²) in [6.07, 6.45) is 0. The van der Waals surface area contributed by atoms with Crippen LogP contribution in [-0.2, 0) is 0 Å². The minimum atomic E-state index is -2.08. The van der Waals surface area contributed by atoms with Crippen molar-refractivity contribution in [1.29, 1.82) is 0 Å². The fourth-order valence-corrected chi connectivity index (χ4v) is 1.31. The molecule has 0 aromatic heterocycles. The average molecular weight is 272 g/mol. The topological polar surface area (TPSA) is 26.3 Å². The minimum absolute atomic E-state index is 0.0268. The standard InChI is InChI=1S/C9H6Cl3FO2/c1-15-7-4-5(13)2-3-6(7)8(14)9(10,11)12/h2-4H,1H3. The van der Waals surface area contributed by atoms with Crippen LogP contribution in [0.5, 0.6) is 5.75 Å². The van der Waals surface area contributed by atoms with E-state index in [1.54, 1.807) is 0 Å². The first-order valence-corrected chi connectivity index (χ1v) is 4.94. The van der Waals surface area contributed by atoms with Crippen LogP contribution in [0, 0.1) is 5.82 Å². The van der Waals surface area contributed by atoms with Gasteiger partial charge in [-0.15, -0.1) is 0 Å². The van der Waals surface area contributed by atoms with Crippen LogP contribution < -0.4 is 4.74 Å². The van der Waals surface area contributed by atoms with Gasteiger partial charge in [0.1, 0.15) is 11.6 Å². The molecule has 0 fully saturated rings. The first-order valence-electron chi connectivity index (χ1n) is 3.81. The summed E-state index contributed by atoms with van der Waals surface area (Å²) in [5.41, 5.74) is 0.0268. The first-order chi connectivity index (χ1) is 6.86. The number of rotatable bonds is 2. The Kier molecular flexibility index (Phi) is 3.82. The smallest absolute Gasteiger partial charge is 0.253 e. The fourth-order valence-electron chi connectivity index (χ4n) is 1.01. The molecule has 6 heteroatoms. The predicted octanol–water partition coefficient (Wildman–Crippen LogP) is 3.39. The molecule has 0 spiro atoms. The maximum Gasteiger partial charge on any atom is 0.253 e. The molecule has 0 saturated carbocycles. The van der Waals surface area contributed by atoms with E-state index in [-0.39, 0.29) is 11.3 Å². The van der Waals surface area contributed by atoms with Gasteiger partial charge in [-0.05, 0) is 12.1 Å². The third-order valence-corrected chi connectivity index (χ3v) is 2.18. The van der Waals surface area contributed by atoms with Gasteiger partial charge in [-0.1, -0.05) is 34.8 Å². The van der Waals surface area contributed by atoms with Gasteiger partial charge in [-0.3, -0.25) is 4.79 Å². The van der Waals surface area contributed by atoms with Crippen molar-refractivity contribution in [2.75, 3.05) is 7.11 Å². The van der Waals surface area contributed by atoms with Gasteiger partial charge in [0.15, 0.2) is 0 Å². The van der Waals surface area contributed by atoms with Crippen molar-refractivity contribution in [1.82, 2.24) is 0 Å². The van der Waals surface area contributed by atoms with Gasteiger partial charge < -0.3 is 4.74 Å². The summed E-state index contributed by atoms with van der Waals surface area (Å²) in [4.78, 5) is 11.6. The van der Waals surface area contributed by atoms with E-state index in [0.717, 1.165) is 12.1 Å². The molecule has 0 amide bonds. The van der Waals surface area contributed by atoms with Crippen molar-refractivity contribution in [3.8, 4) is 5.75 Å². The molecule has 0 aliphatic heterocycles. The van der Waals surface area contributed by atoms with Crippen LogP contribution in [0.25, 0.3) is 0 Å². The molecule has 0 unspecified atom stereocenters. The highest BCUT2D eigenvalue weighted by Gasteiger charge is 2.33. The van der Waals surface area contributed by atoms with Gasteiger partial charge in [-0.25, -0.2) is 4.39 Å². The van der Waals surface area contributed by atoms with Crippen molar-refractivity contribution in [3.05, 3.63) is 29.6 Å². The minimum Gasteiger partial charge on any atom is -0.496 e. The Balaban J connectivity index is 3.20. The fraction of sp³-hybridized carbons (Fsp3) is 0.222. The quantitative estimate of drug-likeness (QED) is 0.609. The van der Waals surface area contributed by atoms with Crippen LogP contribution in [-0.4, -0.2) is 16.7 Å². The van der Waals surface area contributed by atoms with E-state index in [0.29, 0.717) is 0 Å². The summed E-state index contributed by atoms with van der Waals surface area (Å²) < 4.78 is 15.5. The third-order valence-electron chi connectivity index (χ3n) is 1.67.